The number of nitrogens with zero attached hydrogens (tertiary/aromatic N) is 4. The Hall–Kier alpha value is -4.01. The number of H-pyrrole nitrogens is 1. The molecule has 2 aromatic heterocycles. The summed E-state index contributed by atoms with van der Waals surface area (Å²) in [6, 6.07) is 14.1. The van der Waals surface area contributed by atoms with Crippen molar-refractivity contribution in [3.8, 4) is 17.5 Å². The molecule has 36 heavy (non-hydrogen) atoms. The zero-order valence-corrected chi connectivity index (χ0v) is 20.7. The molecule has 1 aliphatic rings. The number of carbonyl (C=O) groups excluding carboxylic acids is 1. The number of hydrogen-bond acceptors (Lipinski definition) is 7. The summed E-state index contributed by atoms with van der Waals surface area (Å²) in [6.45, 7) is 7.77. The second-order valence-corrected chi connectivity index (χ2v) is 8.74. The third-order valence-electron chi connectivity index (χ3n) is 6.13. The van der Waals surface area contributed by atoms with E-state index < -0.39 is 0 Å². The van der Waals surface area contributed by atoms with Gasteiger partial charge in [-0.25, -0.2) is 4.79 Å². The van der Waals surface area contributed by atoms with Crippen molar-refractivity contribution in [2.24, 2.45) is 0 Å². The highest BCUT2D eigenvalue weighted by atomic mass is 16.6. The number of anilines is 1. The summed E-state index contributed by atoms with van der Waals surface area (Å²) in [6.07, 6.45) is 3.58. The van der Waals surface area contributed by atoms with Crippen molar-refractivity contribution >= 4 is 33.7 Å². The smallest absolute Gasteiger partial charge is 0.410 e. The average molecular weight is 490 g/mol. The molecule has 0 radical (unpaired) electrons. The molecule has 188 valence electrons. The van der Waals surface area contributed by atoms with Gasteiger partial charge in [-0.15, -0.1) is 0 Å². The molecule has 5 rings (SSSR count). The predicted octanol–water partition coefficient (Wildman–Crippen LogP) is 5.36. The van der Waals surface area contributed by atoms with Gasteiger partial charge >= 0.3 is 12.1 Å². The second-order valence-electron chi connectivity index (χ2n) is 8.74. The fraction of sp³-hybridized carbons (Fsp3) is 0.370. The van der Waals surface area contributed by atoms with Crippen molar-refractivity contribution in [1.82, 2.24) is 19.9 Å². The van der Waals surface area contributed by atoms with Crippen LogP contribution in [0.3, 0.4) is 0 Å². The minimum atomic E-state index is -0.307. The van der Waals surface area contributed by atoms with Gasteiger partial charge in [0.15, 0.2) is 0 Å². The molecule has 0 atom stereocenters. The Morgan fingerprint density at radius 3 is 2.72 bits per heavy atom. The van der Waals surface area contributed by atoms with Gasteiger partial charge in [0, 0.05) is 35.6 Å². The van der Waals surface area contributed by atoms with Crippen molar-refractivity contribution in [3.63, 3.8) is 0 Å². The van der Waals surface area contributed by atoms with Crippen LogP contribution in [0.2, 0.25) is 0 Å². The maximum atomic E-state index is 11.7. The Kier molecular flexibility index (Phi) is 7.06. The molecule has 9 nitrogen and oxygen atoms in total. The van der Waals surface area contributed by atoms with Crippen LogP contribution in [-0.4, -0.2) is 65.3 Å². The minimum Gasteiger partial charge on any atom is -0.462 e. The van der Waals surface area contributed by atoms with Gasteiger partial charge in [-0.1, -0.05) is 19.9 Å². The highest BCUT2D eigenvalue weighted by Crippen LogP contribution is 2.34. The highest BCUT2D eigenvalue weighted by Gasteiger charge is 2.22. The molecule has 0 unspecified atom stereocenters. The number of aromatic nitrogens is 3. The molecule has 0 saturated carbocycles. The van der Waals surface area contributed by atoms with Gasteiger partial charge in [-0.2, -0.15) is 9.97 Å². The van der Waals surface area contributed by atoms with Gasteiger partial charge in [0.1, 0.15) is 30.5 Å². The van der Waals surface area contributed by atoms with E-state index in [0.717, 1.165) is 65.1 Å². The van der Waals surface area contributed by atoms with Gasteiger partial charge in [0.2, 0.25) is 0 Å². The fourth-order valence-corrected chi connectivity index (χ4v) is 4.45. The molecular formula is C27H31N5O4. The van der Waals surface area contributed by atoms with E-state index in [4.69, 9.17) is 19.2 Å². The molecule has 0 aliphatic carbocycles. The van der Waals surface area contributed by atoms with Crippen LogP contribution < -0.4 is 14.4 Å². The van der Waals surface area contributed by atoms with Gasteiger partial charge < -0.3 is 29.0 Å². The van der Waals surface area contributed by atoms with Gasteiger partial charge in [-0.3, -0.25) is 0 Å². The van der Waals surface area contributed by atoms with E-state index in [1.54, 1.807) is 4.90 Å². The summed E-state index contributed by atoms with van der Waals surface area (Å²) in [5.74, 6) is 2.33. The lowest BCUT2D eigenvalue weighted by atomic mass is 10.2. The van der Waals surface area contributed by atoms with Gasteiger partial charge in [0.25, 0.3) is 0 Å². The number of hydrogen-bond donors (Lipinski definition) is 1. The van der Waals surface area contributed by atoms with E-state index in [0.29, 0.717) is 32.3 Å². The summed E-state index contributed by atoms with van der Waals surface area (Å²) in [4.78, 5) is 28.3. The molecule has 1 amide bonds. The summed E-state index contributed by atoms with van der Waals surface area (Å²) in [5, 5.41) is 1.93. The molecule has 2 aromatic carbocycles. The lowest BCUT2D eigenvalue weighted by Crippen LogP contribution is -2.29. The molecule has 1 fully saturated rings. The zero-order chi connectivity index (χ0) is 24.9. The van der Waals surface area contributed by atoms with Crippen molar-refractivity contribution in [2.75, 3.05) is 44.3 Å². The number of nitrogens with one attached hydrogen (secondary N) is 1. The Bertz CT molecular complexity index is 1350. The summed E-state index contributed by atoms with van der Waals surface area (Å²) in [5.41, 5.74) is 1.80. The third kappa shape index (κ3) is 5.00. The molecule has 0 bridgehead atoms. The lowest BCUT2D eigenvalue weighted by Gasteiger charge is -2.24. The number of aromatic amines is 1. The van der Waals surface area contributed by atoms with Crippen LogP contribution in [0.5, 0.6) is 17.5 Å². The van der Waals surface area contributed by atoms with Crippen LogP contribution >= 0.6 is 0 Å². The molecule has 1 N–H and O–H groups in total. The summed E-state index contributed by atoms with van der Waals surface area (Å²) < 4.78 is 17.2. The maximum Gasteiger partial charge on any atom is 0.410 e. The van der Waals surface area contributed by atoms with Crippen molar-refractivity contribution in [2.45, 2.75) is 26.7 Å². The zero-order valence-electron chi connectivity index (χ0n) is 20.7. The number of ether oxygens (including phenoxy) is 3. The van der Waals surface area contributed by atoms with E-state index in [1.165, 1.54) is 0 Å². The number of cyclic esters (lactones) is 1. The Morgan fingerprint density at radius 2 is 1.94 bits per heavy atom. The van der Waals surface area contributed by atoms with Crippen molar-refractivity contribution < 1.29 is 19.0 Å². The van der Waals surface area contributed by atoms with E-state index in [9.17, 15) is 4.79 Å². The quantitative estimate of drug-likeness (QED) is 0.303. The first kappa shape index (κ1) is 23.7. The molecular weight excluding hydrogens is 458 g/mol. The standard InChI is InChI=1S/C27H31N5O4/c1-3-12-31(13-4-2)25-21-18-19(36-24-7-5-6-22-20(24)10-11-28-22)8-9-23(21)29-26(30-25)34-16-14-32-15-17-35-27(32)33/h5-11,18,28H,3-4,12-17H2,1-2H3. The largest absolute Gasteiger partial charge is 0.462 e. The number of rotatable bonds is 11. The number of carbonyl (C=O) groups is 1. The maximum absolute atomic E-state index is 11.7. The third-order valence-corrected chi connectivity index (χ3v) is 6.13. The molecule has 0 spiro atoms. The summed E-state index contributed by atoms with van der Waals surface area (Å²) in [7, 11) is 0. The van der Waals surface area contributed by atoms with E-state index >= 15 is 0 Å². The van der Waals surface area contributed by atoms with E-state index in [2.05, 4.69) is 28.7 Å². The Labute approximate surface area is 210 Å². The normalized spacial score (nSPS) is 13.4. The molecule has 9 heteroatoms. The number of amides is 1. The van der Waals surface area contributed by atoms with Crippen LogP contribution in [0.1, 0.15) is 26.7 Å². The van der Waals surface area contributed by atoms with Gasteiger partial charge in [-0.05, 0) is 49.2 Å². The van der Waals surface area contributed by atoms with Crippen molar-refractivity contribution in [3.05, 3.63) is 48.7 Å². The Morgan fingerprint density at radius 1 is 1.08 bits per heavy atom. The number of fused-ring (bicyclic) bond motifs is 2. The fourth-order valence-electron chi connectivity index (χ4n) is 4.45. The molecule has 1 saturated heterocycles. The van der Waals surface area contributed by atoms with Crippen LogP contribution in [0.4, 0.5) is 10.6 Å². The molecule has 1 aliphatic heterocycles. The van der Waals surface area contributed by atoms with Crippen LogP contribution in [0.25, 0.3) is 21.8 Å². The topological polar surface area (TPSA) is 92.8 Å². The van der Waals surface area contributed by atoms with Crippen LogP contribution in [0, 0.1) is 0 Å². The first-order chi connectivity index (χ1) is 17.7. The molecule has 4 aromatic rings. The minimum absolute atomic E-state index is 0.295. The highest BCUT2D eigenvalue weighted by molar-refractivity contribution is 5.91. The monoisotopic (exact) mass is 489 g/mol. The SMILES string of the molecule is CCCN(CCC)c1nc(OCCN2CCOC2=O)nc2ccc(Oc3cccc4[nH]ccc34)cc12. The van der Waals surface area contributed by atoms with Crippen molar-refractivity contribution in [1.29, 1.82) is 0 Å². The van der Waals surface area contributed by atoms with Crippen LogP contribution in [-0.2, 0) is 4.74 Å². The van der Waals surface area contributed by atoms with E-state index in [1.807, 2.05) is 48.7 Å². The first-order valence-corrected chi connectivity index (χ1v) is 12.5. The van der Waals surface area contributed by atoms with Gasteiger partial charge in [0.05, 0.1) is 18.6 Å². The number of benzene rings is 2. The Balaban J connectivity index is 1.46. The predicted molar refractivity (Wildman–Crippen MR) is 139 cm³/mol. The average Bonchev–Trinajstić information content (AvgIpc) is 3.53. The molecule has 3 heterocycles. The van der Waals surface area contributed by atoms with Crippen LogP contribution in [0.15, 0.2) is 48.7 Å². The van der Waals surface area contributed by atoms with E-state index in [-0.39, 0.29) is 6.09 Å². The first-order valence-electron chi connectivity index (χ1n) is 12.5. The lowest BCUT2D eigenvalue weighted by molar-refractivity contribution is 0.152. The second kappa shape index (κ2) is 10.7. The summed E-state index contributed by atoms with van der Waals surface area (Å²) >= 11 is 0.